The molecule has 1 amide bonds. The van der Waals surface area contributed by atoms with Crippen molar-refractivity contribution in [3.8, 4) is 6.07 Å². The number of rotatable bonds is 5. The van der Waals surface area contributed by atoms with E-state index in [1.165, 1.54) is 24.4 Å². The number of anilines is 2. The Hall–Kier alpha value is -4.19. The smallest absolute Gasteiger partial charge is 0.292 e. The second-order valence-electron chi connectivity index (χ2n) is 5.18. The molecule has 0 atom stereocenters. The van der Waals surface area contributed by atoms with Crippen LogP contribution in [-0.2, 0) is 4.79 Å². The molecule has 0 aliphatic carbocycles. The highest BCUT2D eigenvalue weighted by Gasteiger charge is 2.17. The number of nitriles is 1. The van der Waals surface area contributed by atoms with Gasteiger partial charge in [-0.15, -0.1) is 0 Å². The van der Waals surface area contributed by atoms with Crippen LogP contribution < -0.4 is 10.6 Å². The zero-order valence-electron chi connectivity index (χ0n) is 13.3. The van der Waals surface area contributed by atoms with Crippen molar-refractivity contribution in [3.63, 3.8) is 0 Å². The van der Waals surface area contributed by atoms with Crippen molar-refractivity contribution in [3.05, 3.63) is 70.7 Å². The van der Waals surface area contributed by atoms with Crippen LogP contribution in [0.3, 0.4) is 0 Å². The van der Waals surface area contributed by atoms with Crippen molar-refractivity contribution >= 4 is 34.0 Å². The summed E-state index contributed by atoms with van der Waals surface area (Å²) in [5.74, 6) is -0.753. The SMILES string of the molecule is N#C/C(=C/Nc1ccc2nc[nH]c2c1)C(=O)Nc1ccccc1[N+](=O)[O-]. The summed E-state index contributed by atoms with van der Waals surface area (Å²) in [4.78, 5) is 29.7. The summed E-state index contributed by atoms with van der Waals surface area (Å²) in [6.45, 7) is 0. The first kappa shape index (κ1) is 16.7. The Balaban J connectivity index is 1.77. The Bertz CT molecular complexity index is 1060. The van der Waals surface area contributed by atoms with Crippen LogP contribution in [0.4, 0.5) is 17.1 Å². The summed E-state index contributed by atoms with van der Waals surface area (Å²) in [5.41, 5.74) is 1.76. The number of aromatic nitrogens is 2. The van der Waals surface area contributed by atoms with Crippen molar-refractivity contribution in [1.82, 2.24) is 9.97 Å². The standard InChI is InChI=1S/C17H12N6O3/c18-8-11(9-19-12-5-6-13-15(7-12)21-10-20-13)17(24)22-14-3-1-2-4-16(14)23(25)26/h1-7,9-10,19H,(H,20,21)(H,22,24)/b11-9-. The lowest BCUT2D eigenvalue weighted by Crippen LogP contribution is -2.15. The average molecular weight is 348 g/mol. The quantitative estimate of drug-likeness (QED) is 0.280. The minimum Gasteiger partial charge on any atom is -0.360 e. The fraction of sp³-hybridized carbons (Fsp3) is 0. The molecule has 1 heterocycles. The highest BCUT2D eigenvalue weighted by molar-refractivity contribution is 6.07. The molecule has 3 N–H and O–H groups in total. The van der Waals surface area contributed by atoms with Gasteiger partial charge in [-0.05, 0) is 24.3 Å². The highest BCUT2D eigenvalue weighted by Crippen LogP contribution is 2.23. The molecule has 128 valence electrons. The second kappa shape index (κ2) is 7.14. The number of nitrogens with one attached hydrogen (secondary N) is 3. The first-order valence-electron chi connectivity index (χ1n) is 7.43. The van der Waals surface area contributed by atoms with Gasteiger partial charge in [-0.2, -0.15) is 5.26 Å². The molecule has 0 aliphatic heterocycles. The van der Waals surface area contributed by atoms with Crippen molar-refractivity contribution in [1.29, 1.82) is 5.26 Å². The van der Waals surface area contributed by atoms with Gasteiger partial charge in [-0.1, -0.05) is 12.1 Å². The minimum absolute atomic E-state index is 0.0162. The number of hydrogen-bond acceptors (Lipinski definition) is 6. The Labute approximate surface area is 147 Å². The number of imidazole rings is 1. The summed E-state index contributed by atoms with van der Waals surface area (Å²) in [6, 6.07) is 12.8. The lowest BCUT2D eigenvalue weighted by molar-refractivity contribution is -0.383. The summed E-state index contributed by atoms with van der Waals surface area (Å²) in [6.07, 6.45) is 2.80. The van der Waals surface area contributed by atoms with Crippen LogP contribution >= 0.6 is 0 Å². The van der Waals surface area contributed by atoms with Gasteiger partial charge in [0, 0.05) is 18.0 Å². The molecule has 3 rings (SSSR count). The molecule has 9 heteroatoms. The zero-order valence-corrected chi connectivity index (χ0v) is 13.3. The first-order chi connectivity index (χ1) is 12.6. The Kier molecular flexibility index (Phi) is 4.58. The Morgan fingerprint density at radius 3 is 2.88 bits per heavy atom. The fourth-order valence-corrected chi connectivity index (χ4v) is 2.26. The predicted octanol–water partition coefficient (Wildman–Crippen LogP) is 2.93. The van der Waals surface area contributed by atoms with Crippen molar-refractivity contribution in [2.75, 3.05) is 10.6 Å². The fourth-order valence-electron chi connectivity index (χ4n) is 2.26. The van der Waals surface area contributed by atoms with Crippen LogP contribution in [0.15, 0.2) is 60.6 Å². The van der Waals surface area contributed by atoms with E-state index >= 15 is 0 Å². The van der Waals surface area contributed by atoms with Crippen LogP contribution in [0.5, 0.6) is 0 Å². The lowest BCUT2D eigenvalue weighted by atomic mass is 10.2. The number of para-hydroxylation sites is 2. The van der Waals surface area contributed by atoms with Gasteiger partial charge in [0.25, 0.3) is 11.6 Å². The van der Waals surface area contributed by atoms with Gasteiger partial charge >= 0.3 is 0 Å². The molecule has 26 heavy (non-hydrogen) atoms. The van der Waals surface area contributed by atoms with E-state index in [1.807, 2.05) is 0 Å². The van der Waals surface area contributed by atoms with E-state index in [4.69, 9.17) is 0 Å². The molecule has 0 unspecified atom stereocenters. The molecule has 0 bridgehead atoms. The maximum atomic E-state index is 12.2. The second-order valence-corrected chi connectivity index (χ2v) is 5.18. The van der Waals surface area contributed by atoms with Crippen molar-refractivity contribution < 1.29 is 9.72 Å². The summed E-state index contributed by atoms with van der Waals surface area (Å²) in [7, 11) is 0. The minimum atomic E-state index is -0.753. The monoisotopic (exact) mass is 348 g/mol. The number of fused-ring (bicyclic) bond motifs is 1. The molecule has 0 radical (unpaired) electrons. The maximum Gasteiger partial charge on any atom is 0.292 e. The number of amides is 1. The molecular weight excluding hydrogens is 336 g/mol. The van der Waals surface area contributed by atoms with Crippen LogP contribution in [0.25, 0.3) is 11.0 Å². The summed E-state index contributed by atoms with van der Waals surface area (Å²) in [5, 5.41) is 25.4. The topological polar surface area (TPSA) is 137 Å². The molecule has 0 saturated heterocycles. The van der Waals surface area contributed by atoms with E-state index in [-0.39, 0.29) is 16.9 Å². The van der Waals surface area contributed by atoms with E-state index in [0.717, 1.165) is 11.0 Å². The van der Waals surface area contributed by atoms with Crippen molar-refractivity contribution in [2.45, 2.75) is 0 Å². The third-order valence-corrected chi connectivity index (χ3v) is 3.52. The number of nitro groups is 1. The van der Waals surface area contributed by atoms with Gasteiger partial charge in [0.1, 0.15) is 17.3 Å². The van der Waals surface area contributed by atoms with Gasteiger partial charge in [-0.3, -0.25) is 14.9 Å². The number of H-pyrrole nitrogens is 1. The van der Waals surface area contributed by atoms with Gasteiger partial charge in [-0.25, -0.2) is 4.98 Å². The Morgan fingerprint density at radius 2 is 2.12 bits per heavy atom. The largest absolute Gasteiger partial charge is 0.360 e. The van der Waals surface area contributed by atoms with E-state index in [0.29, 0.717) is 5.69 Å². The molecule has 0 fully saturated rings. The van der Waals surface area contributed by atoms with Crippen LogP contribution in [0.2, 0.25) is 0 Å². The molecule has 3 aromatic rings. The van der Waals surface area contributed by atoms with Gasteiger partial charge in [0.2, 0.25) is 0 Å². The molecule has 0 saturated carbocycles. The van der Waals surface area contributed by atoms with E-state index in [2.05, 4.69) is 20.6 Å². The zero-order chi connectivity index (χ0) is 18.5. The third-order valence-electron chi connectivity index (χ3n) is 3.52. The molecule has 9 nitrogen and oxygen atoms in total. The van der Waals surface area contributed by atoms with Gasteiger partial charge in [0.05, 0.1) is 22.3 Å². The third kappa shape index (κ3) is 3.49. The van der Waals surface area contributed by atoms with Crippen molar-refractivity contribution in [2.24, 2.45) is 0 Å². The molecule has 0 aliphatic rings. The number of hydrogen-bond donors (Lipinski definition) is 3. The number of nitrogens with zero attached hydrogens (tertiary/aromatic N) is 3. The van der Waals surface area contributed by atoms with Gasteiger partial charge in [0.15, 0.2) is 0 Å². The number of carbonyl (C=O) groups is 1. The molecule has 0 spiro atoms. The number of benzene rings is 2. The predicted molar refractivity (Wildman–Crippen MR) is 95.1 cm³/mol. The van der Waals surface area contributed by atoms with Crippen LogP contribution in [0.1, 0.15) is 0 Å². The average Bonchev–Trinajstić information content (AvgIpc) is 3.10. The lowest BCUT2D eigenvalue weighted by Gasteiger charge is -2.06. The highest BCUT2D eigenvalue weighted by atomic mass is 16.6. The number of nitro benzene ring substituents is 1. The maximum absolute atomic E-state index is 12.2. The Morgan fingerprint density at radius 1 is 1.31 bits per heavy atom. The van der Waals surface area contributed by atoms with Crippen LogP contribution in [0, 0.1) is 21.4 Å². The number of carbonyl (C=O) groups excluding carboxylic acids is 1. The van der Waals surface area contributed by atoms with E-state index in [1.54, 1.807) is 36.7 Å². The summed E-state index contributed by atoms with van der Waals surface area (Å²) < 4.78 is 0. The van der Waals surface area contributed by atoms with E-state index in [9.17, 15) is 20.2 Å². The first-order valence-corrected chi connectivity index (χ1v) is 7.43. The van der Waals surface area contributed by atoms with Crippen LogP contribution in [-0.4, -0.2) is 20.8 Å². The molecule has 2 aromatic carbocycles. The number of aromatic amines is 1. The normalized spacial score (nSPS) is 11.0. The molecular formula is C17H12N6O3. The van der Waals surface area contributed by atoms with E-state index < -0.39 is 10.8 Å². The van der Waals surface area contributed by atoms with Gasteiger partial charge < -0.3 is 15.6 Å². The molecule has 1 aromatic heterocycles. The summed E-state index contributed by atoms with van der Waals surface area (Å²) >= 11 is 0.